The quantitative estimate of drug-likeness (QED) is 0.330. The van der Waals surface area contributed by atoms with Gasteiger partial charge >= 0.3 is 5.97 Å². The van der Waals surface area contributed by atoms with Gasteiger partial charge in [-0.05, 0) is 115 Å². The first-order valence-corrected chi connectivity index (χ1v) is 14.6. The van der Waals surface area contributed by atoms with Gasteiger partial charge < -0.3 is 14.2 Å². The zero-order valence-electron chi connectivity index (χ0n) is 24.0. The summed E-state index contributed by atoms with van der Waals surface area (Å²) >= 11 is 0. The van der Waals surface area contributed by atoms with Crippen molar-refractivity contribution in [1.29, 1.82) is 0 Å². The zero-order valence-corrected chi connectivity index (χ0v) is 24.0. The molecule has 4 nitrogen and oxygen atoms in total. The lowest BCUT2D eigenvalue weighted by molar-refractivity contribution is -0.155. The molecule has 4 aliphatic rings. The van der Waals surface area contributed by atoms with Crippen molar-refractivity contribution in [3.8, 4) is 16.9 Å². The van der Waals surface area contributed by atoms with Crippen LogP contribution < -0.4 is 4.74 Å². The van der Waals surface area contributed by atoms with E-state index in [2.05, 4.69) is 38.1 Å². The minimum absolute atomic E-state index is 0.00461. The van der Waals surface area contributed by atoms with Crippen LogP contribution >= 0.6 is 0 Å². The van der Waals surface area contributed by atoms with E-state index in [-0.39, 0.29) is 28.5 Å². The summed E-state index contributed by atoms with van der Waals surface area (Å²) in [5, 5.41) is 0. The van der Waals surface area contributed by atoms with Crippen LogP contribution in [0, 0.1) is 28.5 Å². The fourth-order valence-electron chi connectivity index (χ4n) is 7.59. The average Bonchev–Trinajstić information content (AvgIpc) is 3.51. The van der Waals surface area contributed by atoms with Gasteiger partial charge in [-0.25, -0.2) is 4.39 Å². The Labute approximate surface area is 236 Å². The minimum atomic E-state index is -0.261. The Hall–Kier alpha value is -3.34. The molecule has 6 rings (SSSR count). The van der Waals surface area contributed by atoms with Gasteiger partial charge in [-0.1, -0.05) is 37.6 Å². The largest absolute Gasteiger partial charge is 0.497 e. The van der Waals surface area contributed by atoms with Crippen molar-refractivity contribution < 1.29 is 23.4 Å². The number of hydrogen-bond acceptors (Lipinski definition) is 4. The van der Waals surface area contributed by atoms with Crippen LogP contribution in [0.5, 0.6) is 5.75 Å². The van der Waals surface area contributed by atoms with Crippen molar-refractivity contribution in [3.05, 3.63) is 82.9 Å². The lowest BCUT2D eigenvalue weighted by Crippen LogP contribution is -2.45. The fourth-order valence-corrected chi connectivity index (χ4v) is 7.59. The molecule has 2 aromatic rings. The van der Waals surface area contributed by atoms with Crippen LogP contribution in [-0.2, 0) is 20.9 Å². The first-order valence-electron chi connectivity index (χ1n) is 14.6. The summed E-state index contributed by atoms with van der Waals surface area (Å²) in [6.07, 6.45) is 13.9. The molecule has 0 heterocycles. The summed E-state index contributed by atoms with van der Waals surface area (Å²) in [6, 6.07) is 11.1. The molecule has 2 saturated carbocycles. The maximum atomic E-state index is 15.1. The van der Waals surface area contributed by atoms with E-state index >= 15 is 4.39 Å². The number of rotatable bonds is 7. The predicted octanol–water partition coefficient (Wildman–Crippen LogP) is 8.41. The highest BCUT2D eigenvalue weighted by atomic mass is 19.1. The van der Waals surface area contributed by atoms with Gasteiger partial charge in [-0.15, -0.1) is 0 Å². The number of esters is 1. The second-order valence-electron chi connectivity index (χ2n) is 12.5. The first-order chi connectivity index (χ1) is 19.3. The van der Waals surface area contributed by atoms with E-state index in [1.807, 2.05) is 12.1 Å². The van der Waals surface area contributed by atoms with E-state index in [1.54, 1.807) is 19.2 Å². The first kappa shape index (κ1) is 26.9. The van der Waals surface area contributed by atoms with Gasteiger partial charge in [0, 0.05) is 11.0 Å². The molecule has 5 heteroatoms. The summed E-state index contributed by atoms with van der Waals surface area (Å²) in [7, 11) is 3.10. The third-order valence-corrected chi connectivity index (χ3v) is 9.98. The number of carbonyl (C=O) groups excluding carboxylic acids is 1. The van der Waals surface area contributed by atoms with E-state index < -0.39 is 0 Å². The van der Waals surface area contributed by atoms with E-state index in [9.17, 15) is 4.79 Å². The predicted molar refractivity (Wildman–Crippen MR) is 155 cm³/mol. The Kier molecular flexibility index (Phi) is 6.88. The maximum Gasteiger partial charge on any atom is 0.309 e. The molecule has 0 amide bonds. The van der Waals surface area contributed by atoms with Crippen molar-refractivity contribution >= 4 is 11.5 Å². The average molecular weight is 543 g/mol. The second-order valence-corrected chi connectivity index (χ2v) is 12.5. The van der Waals surface area contributed by atoms with Crippen molar-refractivity contribution in [2.45, 2.75) is 65.4 Å². The molecule has 4 aliphatic carbocycles. The third-order valence-electron chi connectivity index (χ3n) is 9.98. The molecule has 2 fully saturated rings. The molecule has 40 heavy (non-hydrogen) atoms. The summed E-state index contributed by atoms with van der Waals surface area (Å²) in [5.41, 5.74) is 6.11. The zero-order chi connectivity index (χ0) is 28.1. The number of benzene rings is 2. The summed E-state index contributed by atoms with van der Waals surface area (Å²) in [6.45, 7) is 4.95. The molecular weight excluding hydrogens is 503 g/mol. The molecule has 0 bridgehead atoms. The normalized spacial score (nSPS) is 26.4. The Morgan fingerprint density at radius 2 is 1.80 bits per heavy atom. The van der Waals surface area contributed by atoms with Gasteiger partial charge in [0.05, 0.1) is 20.1 Å². The van der Waals surface area contributed by atoms with E-state index in [1.165, 1.54) is 24.3 Å². The van der Waals surface area contributed by atoms with Crippen LogP contribution in [0.2, 0.25) is 0 Å². The SMILES string of the molecule is COC(=O)[C@@H]1CC[C@@]12CCC1CC=C(OCc3ccc(-c4cc(OC)ccc4F)c(C4=CCCC4(C)C)c3)C=C12. The lowest BCUT2D eigenvalue weighted by atomic mass is 9.56. The van der Waals surface area contributed by atoms with Crippen LogP contribution in [0.4, 0.5) is 4.39 Å². The highest BCUT2D eigenvalue weighted by Crippen LogP contribution is 2.63. The van der Waals surface area contributed by atoms with Gasteiger partial charge in [-0.2, -0.15) is 0 Å². The number of hydrogen-bond donors (Lipinski definition) is 0. The van der Waals surface area contributed by atoms with Crippen LogP contribution in [0.3, 0.4) is 0 Å². The molecular formula is C35H39FO4. The molecule has 210 valence electrons. The molecule has 0 saturated heterocycles. The Morgan fingerprint density at radius 1 is 0.975 bits per heavy atom. The van der Waals surface area contributed by atoms with Gasteiger partial charge in [0.1, 0.15) is 23.9 Å². The van der Waals surface area contributed by atoms with Gasteiger partial charge in [0.2, 0.25) is 0 Å². The maximum absolute atomic E-state index is 15.1. The number of allylic oxidation sites excluding steroid dienone is 5. The standard InChI is InChI=1S/C35H39FO4/c1-34(2)15-5-6-29(34)27-18-22(7-11-26(27)28-19-24(38-3)10-12-32(28)36)21-40-25-9-8-23-13-16-35(31(23)20-25)17-14-30(35)33(37)39-4/h6-7,9-12,18-20,23,30H,5,8,13-17,21H2,1-4H3/t23?,30-,35-/m0/s1. The number of carbonyl (C=O) groups is 1. The van der Waals surface area contributed by atoms with Gasteiger partial charge in [0.15, 0.2) is 0 Å². The van der Waals surface area contributed by atoms with E-state index in [4.69, 9.17) is 14.2 Å². The number of halogens is 1. The fraction of sp³-hybridized carbons (Fsp3) is 0.457. The number of ether oxygens (including phenoxy) is 3. The Morgan fingerprint density at radius 3 is 2.50 bits per heavy atom. The summed E-state index contributed by atoms with van der Waals surface area (Å²) < 4.78 is 32.0. The van der Waals surface area contributed by atoms with Crippen molar-refractivity contribution in [3.63, 3.8) is 0 Å². The topological polar surface area (TPSA) is 44.8 Å². The number of methoxy groups -OCH3 is 2. The molecule has 3 atom stereocenters. The van der Waals surface area contributed by atoms with Crippen LogP contribution in [-0.4, -0.2) is 20.2 Å². The minimum Gasteiger partial charge on any atom is -0.497 e. The van der Waals surface area contributed by atoms with Gasteiger partial charge in [-0.3, -0.25) is 4.79 Å². The van der Waals surface area contributed by atoms with E-state index in [0.717, 1.165) is 67.4 Å². The van der Waals surface area contributed by atoms with Gasteiger partial charge in [0.25, 0.3) is 0 Å². The molecule has 1 spiro atoms. The third kappa shape index (κ3) is 4.48. The molecule has 0 N–H and O–H groups in total. The highest BCUT2D eigenvalue weighted by molar-refractivity contribution is 5.85. The Balaban J connectivity index is 1.28. The lowest BCUT2D eigenvalue weighted by Gasteiger charge is -2.47. The van der Waals surface area contributed by atoms with Crippen LogP contribution in [0.25, 0.3) is 16.7 Å². The van der Waals surface area contributed by atoms with Crippen molar-refractivity contribution in [1.82, 2.24) is 0 Å². The van der Waals surface area contributed by atoms with Crippen LogP contribution in [0.1, 0.15) is 69.9 Å². The van der Waals surface area contributed by atoms with Crippen molar-refractivity contribution in [2.75, 3.05) is 14.2 Å². The van der Waals surface area contributed by atoms with E-state index in [0.29, 0.717) is 23.8 Å². The summed E-state index contributed by atoms with van der Waals surface area (Å²) in [4.78, 5) is 12.5. The second kappa shape index (κ2) is 10.2. The molecule has 0 radical (unpaired) electrons. The summed E-state index contributed by atoms with van der Waals surface area (Å²) in [5.74, 6) is 1.66. The molecule has 0 aliphatic heterocycles. The number of fused-ring (bicyclic) bond motifs is 2. The highest BCUT2D eigenvalue weighted by Gasteiger charge is 2.57. The smallest absolute Gasteiger partial charge is 0.309 e. The van der Waals surface area contributed by atoms with Crippen molar-refractivity contribution in [2.24, 2.45) is 22.7 Å². The monoisotopic (exact) mass is 542 g/mol. The Bertz CT molecular complexity index is 1430. The van der Waals surface area contributed by atoms with Crippen LogP contribution in [0.15, 0.2) is 66.0 Å². The molecule has 2 aromatic carbocycles. The molecule has 1 unspecified atom stereocenters. The molecule has 0 aromatic heterocycles.